The van der Waals surface area contributed by atoms with Crippen LogP contribution in [0.1, 0.15) is 0 Å². The lowest BCUT2D eigenvalue weighted by molar-refractivity contribution is 0.603. The molecule has 0 bridgehead atoms. The van der Waals surface area contributed by atoms with Crippen LogP contribution in [0.2, 0.25) is 0 Å². The van der Waals surface area contributed by atoms with Gasteiger partial charge in [0.05, 0.1) is 10.6 Å². The lowest BCUT2D eigenvalue weighted by Crippen LogP contribution is -1.90. The Balaban J connectivity index is 3.34. The fourth-order valence-electron chi connectivity index (χ4n) is 0.557. The Morgan fingerprint density at radius 3 is 2.60 bits per heavy atom. The third-order valence-corrected chi connectivity index (χ3v) is 2.26. The highest BCUT2D eigenvalue weighted by atomic mass is 79.9. The summed E-state index contributed by atoms with van der Waals surface area (Å²) in [6.07, 6.45) is 0. The van der Waals surface area contributed by atoms with Gasteiger partial charge in [0.1, 0.15) is 5.82 Å². The minimum atomic E-state index is -0.399. The molecule has 0 saturated carbocycles. The maximum Gasteiger partial charge on any atom is 0.138 e. The Hall–Kier alpha value is -0.220. The second kappa shape index (κ2) is 2.80. The number of anilines is 1. The van der Waals surface area contributed by atoms with E-state index in [1.165, 1.54) is 6.07 Å². The second-order valence-electron chi connectivity index (χ2n) is 1.79. The van der Waals surface area contributed by atoms with Crippen LogP contribution in [-0.2, 0) is 0 Å². The van der Waals surface area contributed by atoms with Gasteiger partial charge in [-0.2, -0.15) is 0 Å². The van der Waals surface area contributed by atoms with Gasteiger partial charge in [-0.05, 0) is 28.1 Å². The number of nitrogen functional groups attached to an aromatic ring is 1. The van der Waals surface area contributed by atoms with Crippen molar-refractivity contribution in [3.8, 4) is 0 Å². The first-order valence-electron chi connectivity index (χ1n) is 2.55. The van der Waals surface area contributed by atoms with Crippen LogP contribution in [-0.4, -0.2) is 0 Å². The van der Waals surface area contributed by atoms with E-state index >= 15 is 0 Å². The standard InChI is InChI=1S/C6H5BrFNS/c7-3-1-2-4(8)6(10)5(3)9/h1-2,10H,9H2. The van der Waals surface area contributed by atoms with Crippen LogP contribution in [0.5, 0.6) is 0 Å². The zero-order valence-electron chi connectivity index (χ0n) is 4.94. The summed E-state index contributed by atoms with van der Waals surface area (Å²) < 4.78 is 13.2. The van der Waals surface area contributed by atoms with E-state index in [-0.39, 0.29) is 4.90 Å². The van der Waals surface area contributed by atoms with Gasteiger partial charge >= 0.3 is 0 Å². The van der Waals surface area contributed by atoms with E-state index in [1.54, 1.807) is 6.07 Å². The average Bonchev–Trinajstić information content (AvgIpc) is 1.93. The Morgan fingerprint density at radius 2 is 2.10 bits per heavy atom. The van der Waals surface area contributed by atoms with Crippen LogP contribution < -0.4 is 5.73 Å². The quantitative estimate of drug-likeness (QED) is 0.511. The van der Waals surface area contributed by atoms with E-state index in [2.05, 4.69) is 28.6 Å². The molecular weight excluding hydrogens is 217 g/mol. The van der Waals surface area contributed by atoms with Crippen molar-refractivity contribution in [2.24, 2.45) is 0 Å². The van der Waals surface area contributed by atoms with Crippen LogP contribution in [0.4, 0.5) is 10.1 Å². The van der Waals surface area contributed by atoms with Crippen molar-refractivity contribution < 1.29 is 4.39 Å². The third-order valence-electron chi connectivity index (χ3n) is 1.11. The van der Waals surface area contributed by atoms with Gasteiger partial charge in [0, 0.05) is 4.47 Å². The van der Waals surface area contributed by atoms with Crippen molar-refractivity contribution in [3.05, 3.63) is 22.4 Å². The smallest absolute Gasteiger partial charge is 0.138 e. The molecule has 0 aromatic heterocycles. The molecule has 0 fully saturated rings. The Morgan fingerprint density at radius 1 is 1.50 bits per heavy atom. The van der Waals surface area contributed by atoms with Gasteiger partial charge in [0.2, 0.25) is 0 Å². The summed E-state index contributed by atoms with van der Waals surface area (Å²) in [5.41, 5.74) is 5.76. The van der Waals surface area contributed by atoms with Crippen LogP contribution in [0, 0.1) is 5.82 Å². The predicted molar refractivity (Wildman–Crippen MR) is 45.8 cm³/mol. The van der Waals surface area contributed by atoms with E-state index in [0.717, 1.165) is 0 Å². The minimum Gasteiger partial charge on any atom is -0.397 e. The minimum absolute atomic E-state index is 0.189. The van der Waals surface area contributed by atoms with Crippen LogP contribution in [0.3, 0.4) is 0 Å². The number of benzene rings is 1. The summed E-state index contributed by atoms with van der Waals surface area (Å²) in [7, 11) is 0. The monoisotopic (exact) mass is 221 g/mol. The Labute approximate surface area is 72.0 Å². The molecule has 0 unspecified atom stereocenters. The summed E-state index contributed by atoms with van der Waals surface area (Å²) in [4.78, 5) is 0.189. The predicted octanol–water partition coefficient (Wildman–Crippen LogP) is 2.46. The number of nitrogens with two attached hydrogens (primary N) is 1. The first kappa shape index (κ1) is 7.88. The highest BCUT2D eigenvalue weighted by Gasteiger charge is 2.03. The molecule has 10 heavy (non-hydrogen) atoms. The van der Waals surface area contributed by atoms with E-state index in [1.807, 2.05) is 0 Å². The lowest BCUT2D eigenvalue weighted by atomic mass is 10.3. The molecule has 0 amide bonds. The number of rotatable bonds is 0. The van der Waals surface area contributed by atoms with Crippen LogP contribution >= 0.6 is 28.6 Å². The average molecular weight is 222 g/mol. The van der Waals surface area contributed by atoms with Gasteiger partial charge < -0.3 is 5.73 Å². The molecule has 0 aliphatic carbocycles. The van der Waals surface area contributed by atoms with E-state index in [4.69, 9.17) is 5.73 Å². The van der Waals surface area contributed by atoms with Crippen molar-refractivity contribution in [2.45, 2.75) is 4.90 Å². The van der Waals surface area contributed by atoms with Gasteiger partial charge in [-0.15, -0.1) is 12.6 Å². The molecule has 0 aliphatic rings. The summed E-state index contributed by atoms with van der Waals surface area (Å²) in [5.74, 6) is -0.399. The van der Waals surface area contributed by atoms with Crippen molar-refractivity contribution in [2.75, 3.05) is 5.73 Å². The number of thiol groups is 1. The van der Waals surface area contributed by atoms with Crippen molar-refractivity contribution in [3.63, 3.8) is 0 Å². The summed E-state index contributed by atoms with van der Waals surface area (Å²) in [6, 6.07) is 2.85. The van der Waals surface area contributed by atoms with Gasteiger partial charge in [-0.25, -0.2) is 4.39 Å². The van der Waals surface area contributed by atoms with Crippen LogP contribution in [0.15, 0.2) is 21.5 Å². The number of hydrogen-bond donors (Lipinski definition) is 2. The Kier molecular flexibility index (Phi) is 2.21. The normalized spacial score (nSPS) is 9.90. The fourth-order valence-corrected chi connectivity index (χ4v) is 1.24. The number of halogens is 2. The molecule has 2 N–H and O–H groups in total. The molecule has 0 atom stereocenters. The molecule has 4 heteroatoms. The molecule has 0 heterocycles. The lowest BCUT2D eigenvalue weighted by Gasteiger charge is -2.01. The van der Waals surface area contributed by atoms with Gasteiger partial charge in [0.15, 0.2) is 0 Å². The molecule has 1 aromatic rings. The molecule has 1 aromatic carbocycles. The zero-order valence-corrected chi connectivity index (χ0v) is 7.42. The highest BCUT2D eigenvalue weighted by Crippen LogP contribution is 2.27. The zero-order chi connectivity index (χ0) is 7.72. The summed E-state index contributed by atoms with van der Waals surface area (Å²) in [5, 5.41) is 0. The largest absolute Gasteiger partial charge is 0.397 e. The topological polar surface area (TPSA) is 26.0 Å². The molecule has 0 aliphatic heterocycles. The molecule has 1 rings (SSSR count). The van der Waals surface area contributed by atoms with Gasteiger partial charge in [-0.3, -0.25) is 0 Å². The summed E-state index contributed by atoms with van der Waals surface area (Å²) >= 11 is 6.99. The molecule has 1 nitrogen and oxygen atoms in total. The second-order valence-corrected chi connectivity index (χ2v) is 3.09. The van der Waals surface area contributed by atoms with E-state index in [9.17, 15) is 4.39 Å². The number of hydrogen-bond acceptors (Lipinski definition) is 2. The van der Waals surface area contributed by atoms with Gasteiger partial charge in [-0.1, -0.05) is 0 Å². The maximum atomic E-state index is 12.6. The van der Waals surface area contributed by atoms with E-state index in [0.29, 0.717) is 10.2 Å². The fraction of sp³-hybridized carbons (Fsp3) is 0. The van der Waals surface area contributed by atoms with Crippen molar-refractivity contribution in [1.29, 1.82) is 0 Å². The van der Waals surface area contributed by atoms with E-state index < -0.39 is 5.82 Å². The first-order valence-corrected chi connectivity index (χ1v) is 3.79. The molecule has 0 saturated heterocycles. The van der Waals surface area contributed by atoms with Crippen molar-refractivity contribution >= 4 is 34.2 Å². The molecular formula is C6H5BrFNS. The molecule has 0 spiro atoms. The van der Waals surface area contributed by atoms with Gasteiger partial charge in [0.25, 0.3) is 0 Å². The van der Waals surface area contributed by atoms with Crippen LogP contribution in [0.25, 0.3) is 0 Å². The third kappa shape index (κ3) is 1.27. The summed E-state index contributed by atoms with van der Waals surface area (Å²) in [6.45, 7) is 0. The molecule has 54 valence electrons. The highest BCUT2D eigenvalue weighted by molar-refractivity contribution is 9.10. The van der Waals surface area contributed by atoms with Crippen molar-refractivity contribution in [1.82, 2.24) is 0 Å². The molecule has 0 radical (unpaired) electrons. The maximum absolute atomic E-state index is 12.6. The Bertz CT molecular complexity index is 237. The first-order chi connectivity index (χ1) is 4.63. The SMILES string of the molecule is Nc1c(Br)ccc(F)c1S.